The molecule has 1 unspecified atom stereocenters. The van der Waals surface area contributed by atoms with E-state index in [0.717, 1.165) is 19.5 Å². The minimum absolute atomic E-state index is 0.0375. The number of urea groups is 1. The van der Waals surface area contributed by atoms with E-state index in [4.69, 9.17) is 0 Å². The predicted molar refractivity (Wildman–Crippen MR) is 82.5 cm³/mol. The number of para-hydroxylation sites is 1. The van der Waals surface area contributed by atoms with Crippen LogP contribution in [0, 0.1) is 0 Å². The topological polar surface area (TPSA) is 82.3 Å². The largest absolute Gasteiger partial charge is 0.348 e. The van der Waals surface area contributed by atoms with Gasteiger partial charge in [0.2, 0.25) is 0 Å². The van der Waals surface area contributed by atoms with Crippen LogP contribution in [0.5, 0.6) is 0 Å². The number of anilines is 1. The third-order valence-electron chi connectivity index (χ3n) is 3.24. The van der Waals surface area contributed by atoms with Crippen LogP contribution in [0.1, 0.15) is 30.6 Å². The van der Waals surface area contributed by atoms with Gasteiger partial charge in [0.15, 0.2) is 0 Å². The average Bonchev–Trinajstić information content (AvgIpc) is 2.91. The predicted octanol–water partition coefficient (Wildman–Crippen LogP) is 1.31. The van der Waals surface area contributed by atoms with Crippen LogP contribution in [0.4, 0.5) is 10.5 Å². The van der Waals surface area contributed by atoms with Crippen molar-refractivity contribution in [2.45, 2.75) is 32.4 Å². The van der Waals surface area contributed by atoms with Gasteiger partial charge in [0.1, 0.15) is 0 Å². The van der Waals surface area contributed by atoms with Gasteiger partial charge in [-0.2, -0.15) is 0 Å². The Hall–Kier alpha value is -2.08. The summed E-state index contributed by atoms with van der Waals surface area (Å²) >= 11 is 0. The van der Waals surface area contributed by atoms with Crippen molar-refractivity contribution in [3.8, 4) is 0 Å². The van der Waals surface area contributed by atoms with Crippen LogP contribution in [-0.4, -0.2) is 37.1 Å². The molecular formula is C15H22N4O2. The van der Waals surface area contributed by atoms with Gasteiger partial charge in [-0.05, 0) is 38.9 Å². The quantitative estimate of drug-likeness (QED) is 0.675. The van der Waals surface area contributed by atoms with Crippen molar-refractivity contribution in [3.05, 3.63) is 29.8 Å². The lowest BCUT2D eigenvalue weighted by atomic mass is 10.1. The molecule has 21 heavy (non-hydrogen) atoms. The lowest BCUT2D eigenvalue weighted by Gasteiger charge is -2.15. The Morgan fingerprint density at radius 2 is 2.05 bits per heavy atom. The molecule has 1 aromatic rings. The molecule has 2 rings (SSSR count). The third-order valence-corrected chi connectivity index (χ3v) is 3.24. The highest BCUT2D eigenvalue weighted by molar-refractivity contribution is 6.03. The van der Waals surface area contributed by atoms with Gasteiger partial charge in [0.25, 0.3) is 5.91 Å². The summed E-state index contributed by atoms with van der Waals surface area (Å²) in [7, 11) is 0. The SMILES string of the molecule is CC(C)NC(=O)Nc1ccccc1C(=O)NC1CCNC1. The van der Waals surface area contributed by atoms with E-state index in [2.05, 4.69) is 21.3 Å². The van der Waals surface area contributed by atoms with E-state index >= 15 is 0 Å². The van der Waals surface area contributed by atoms with Gasteiger partial charge in [0.05, 0.1) is 11.3 Å². The van der Waals surface area contributed by atoms with Gasteiger partial charge in [-0.1, -0.05) is 12.1 Å². The minimum Gasteiger partial charge on any atom is -0.348 e. The maximum atomic E-state index is 12.3. The molecule has 3 amide bonds. The van der Waals surface area contributed by atoms with Crippen molar-refractivity contribution >= 4 is 17.6 Å². The lowest BCUT2D eigenvalue weighted by Crippen LogP contribution is -2.38. The van der Waals surface area contributed by atoms with E-state index in [9.17, 15) is 9.59 Å². The van der Waals surface area contributed by atoms with Gasteiger partial charge >= 0.3 is 6.03 Å². The summed E-state index contributed by atoms with van der Waals surface area (Å²) in [5.74, 6) is -0.163. The van der Waals surface area contributed by atoms with Crippen LogP contribution in [0.2, 0.25) is 0 Å². The average molecular weight is 290 g/mol. The molecule has 1 fully saturated rings. The zero-order valence-electron chi connectivity index (χ0n) is 12.4. The number of rotatable bonds is 4. The normalized spacial score (nSPS) is 17.6. The van der Waals surface area contributed by atoms with Crippen molar-refractivity contribution in [2.75, 3.05) is 18.4 Å². The molecule has 114 valence electrons. The Bertz CT molecular complexity index is 510. The molecule has 1 heterocycles. The van der Waals surface area contributed by atoms with E-state index < -0.39 is 0 Å². The number of carbonyl (C=O) groups excluding carboxylic acids is 2. The highest BCUT2D eigenvalue weighted by Crippen LogP contribution is 2.15. The van der Waals surface area contributed by atoms with Crippen molar-refractivity contribution in [2.24, 2.45) is 0 Å². The Balaban J connectivity index is 2.05. The van der Waals surface area contributed by atoms with Crippen LogP contribution in [0.25, 0.3) is 0 Å². The van der Waals surface area contributed by atoms with Gasteiger partial charge in [-0.25, -0.2) is 4.79 Å². The summed E-state index contributed by atoms with van der Waals surface area (Å²) in [6.45, 7) is 5.47. The summed E-state index contributed by atoms with van der Waals surface area (Å²) in [6.07, 6.45) is 0.926. The molecule has 1 aliphatic heterocycles. The Labute approximate surface area is 124 Å². The Morgan fingerprint density at radius 1 is 1.29 bits per heavy atom. The second kappa shape index (κ2) is 7.08. The smallest absolute Gasteiger partial charge is 0.319 e. The maximum Gasteiger partial charge on any atom is 0.319 e. The van der Waals surface area contributed by atoms with Gasteiger partial charge < -0.3 is 21.3 Å². The van der Waals surface area contributed by atoms with Crippen molar-refractivity contribution in [3.63, 3.8) is 0 Å². The van der Waals surface area contributed by atoms with E-state index in [-0.39, 0.29) is 24.0 Å². The molecule has 0 spiro atoms. The highest BCUT2D eigenvalue weighted by atomic mass is 16.2. The van der Waals surface area contributed by atoms with Crippen LogP contribution in [0.15, 0.2) is 24.3 Å². The van der Waals surface area contributed by atoms with Gasteiger partial charge in [-0.3, -0.25) is 4.79 Å². The second-order valence-electron chi connectivity index (χ2n) is 5.46. The van der Waals surface area contributed by atoms with Crippen LogP contribution >= 0.6 is 0 Å². The molecule has 1 aromatic carbocycles. The first-order valence-corrected chi connectivity index (χ1v) is 7.24. The second-order valence-corrected chi connectivity index (χ2v) is 5.46. The molecule has 0 aromatic heterocycles. The van der Waals surface area contributed by atoms with E-state index in [1.165, 1.54) is 0 Å². The fourth-order valence-electron chi connectivity index (χ4n) is 2.25. The van der Waals surface area contributed by atoms with Crippen LogP contribution in [-0.2, 0) is 0 Å². The summed E-state index contributed by atoms with van der Waals surface area (Å²) in [6, 6.07) is 6.88. The molecule has 6 nitrogen and oxygen atoms in total. The number of amides is 3. The number of carbonyl (C=O) groups is 2. The number of hydrogen-bond acceptors (Lipinski definition) is 3. The summed E-state index contributed by atoms with van der Waals surface area (Å²) < 4.78 is 0. The molecule has 0 bridgehead atoms. The number of nitrogens with one attached hydrogen (secondary N) is 4. The lowest BCUT2D eigenvalue weighted by molar-refractivity contribution is 0.0941. The zero-order valence-corrected chi connectivity index (χ0v) is 12.4. The first kappa shape index (κ1) is 15.3. The molecule has 6 heteroatoms. The molecule has 0 radical (unpaired) electrons. The molecule has 0 aliphatic carbocycles. The van der Waals surface area contributed by atoms with E-state index in [0.29, 0.717) is 11.3 Å². The standard InChI is InChI=1S/C15H22N4O2/c1-10(2)17-15(21)19-13-6-4-3-5-12(13)14(20)18-11-7-8-16-9-11/h3-6,10-11,16H,7-9H2,1-2H3,(H,18,20)(H2,17,19,21). The number of benzene rings is 1. The third kappa shape index (κ3) is 4.46. The molecule has 0 saturated carbocycles. The van der Waals surface area contributed by atoms with Crippen LogP contribution < -0.4 is 21.3 Å². The Morgan fingerprint density at radius 3 is 2.71 bits per heavy atom. The van der Waals surface area contributed by atoms with E-state index in [1.54, 1.807) is 24.3 Å². The van der Waals surface area contributed by atoms with Gasteiger partial charge in [0, 0.05) is 18.6 Å². The first-order valence-electron chi connectivity index (χ1n) is 7.24. The van der Waals surface area contributed by atoms with E-state index in [1.807, 2.05) is 13.8 Å². The number of hydrogen-bond donors (Lipinski definition) is 4. The molecule has 1 saturated heterocycles. The zero-order chi connectivity index (χ0) is 15.2. The molecule has 1 aliphatic rings. The minimum atomic E-state index is -0.312. The van der Waals surface area contributed by atoms with Crippen molar-refractivity contribution in [1.29, 1.82) is 0 Å². The maximum absolute atomic E-state index is 12.3. The fourth-order valence-corrected chi connectivity index (χ4v) is 2.25. The summed E-state index contributed by atoms with van der Waals surface area (Å²) in [4.78, 5) is 24.1. The molecule has 4 N–H and O–H groups in total. The monoisotopic (exact) mass is 290 g/mol. The molecule has 1 atom stereocenters. The summed E-state index contributed by atoms with van der Waals surface area (Å²) in [5.41, 5.74) is 0.988. The van der Waals surface area contributed by atoms with Crippen molar-refractivity contribution < 1.29 is 9.59 Å². The molecular weight excluding hydrogens is 268 g/mol. The van der Waals surface area contributed by atoms with Gasteiger partial charge in [-0.15, -0.1) is 0 Å². The summed E-state index contributed by atoms with van der Waals surface area (Å²) in [5, 5.41) is 11.6. The highest BCUT2D eigenvalue weighted by Gasteiger charge is 2.19. The fraction of sp³-hybridized carbons (Fsp3) is 0.467. The first-order chi connectivity index (χ1) is 10.1. The van der Waals surface area contributed by atoms with Crippen molar-refractivity contribution in [1.82, 2.24) is 16.0 Å². The van der Waals surface area contributed by atoms with Crippen LogP contribution in [0.3, 0.4) is 0 Å². The Kier molecular flexibility index (Phi) is 5.16.